The second kappa shape index (κ2) is 4.71. The molecule has 0 saturated heterocycles. The molecule has 1 N–H and O–H groups in total. The molecule has 1 aromatic heterocycles. The van der Waals surface area contributed by atoms with Gasteiger partial charge in [-0.2, -0.15) is 0 Å². The first-order valence-corrected chi connectivity index (χ1v) is 6.41. The van der Waals surface area contributed by atoms with E-state index in [1.807, 2.05) is 6.07 Å². The van der Waals surface area contributed by atoms with Crippen LogP contribution in [0.3, 0.4) is 0 Å². The van der Waals surface area contributed by atoms with Gasteiger partial charge in [0.25, 0.3) is 0 Å². The lowest BCUT2D eigenvalue weighted by Gasteiger charge is -2.32. The molecule has 1 aliphatic rings. The molecule has 0 radical (unpaired) electrons. The largest absolute Gasteiger partial charge is 0.366 e. The minimum absolute atomic E-state index is 0.490. The van der Waals surface area contributed by atoms with Gasteiger partial charge in [-0.05, 0) is 47.7 Å². The van der Waals surface area contributed by atoms with Crippen molar-refractivity contribution in [1.29, 1.82) is 0 Å². The van der Waals surface area contributed by atoms with Crippen molar-refractivity contribution in [3.05, 3.63) is 21.8 Å². The lowest BCUT2D eigenvalue weighted by molar-refractivity contribution is 0.285. The van der Waals surface area contributed by atoms with E-state index in [0.29, 0.717) is 11.1 Å². The highest BCUT2D eigenvalue weighted by molar-refractivity contribution is 9.10. The first-order chi connectivity index (χ1) is 7.16. The number of pyridine rings is 1. The fourth-order valence-corrected chi connectivity index (χ4v) is 2.55. The second-order valence-electron chi connectivity index (χ2n) is 4.11. The van der Waals surface area contributed by atoms with Crippen molar-refractivity contribution in [2.45, 2.75) is 32.2 Å². The normalized spacial score (nSPS) is 18.3. The molecule has 1 aliphatic carbocycles. The van der Waals surface area contributed by atoms with Crippen molar-refractivity contribution in [3.63, 3.8) is 0 Å². The van der Waals surface area contributed by atoms with Crippen molar-refractivity contribution < 1.29 is 0 Å². The van der Waals surface area contributed by atoms with E-state index >= 15 is 0 Å². The number of hydrogen-bond donors (Lipinski definition) is 1. The lowest BCUT2D eigenvalue weighted by atomic mass is 9.80. The Morgan fingerprint density at radius 1 is 1.60 bits per heavy atom. The third-order valence-electron chi connectivity index (χ3n) is 3.03. The fourth-order valence-electron chi connectivity index (χ4n) is 1.79. The summed E-state index contributed by atoms with van der Waals surface area (Å²) in [6.07, 6.45) is 5.70. The zero-order valence-corrected chi connectivity index (χ0v) is 11.0. The van der Waals surface area contributed by atoms with E-state index in [1.54, 1.807) is 6.20 Å². The molecule has 1 fully saturated rings. The van der Waals surface area contributed by atoms with Crippen molar-refractivity contribution in [1.82, 2.24) is 4.98 Å². The highest BCUT2D eigenvalue weighted by atomic mass is 79.9. The van der Waals surface area contributed by atoms with E-state index in [0.717, 1.165) is 16.2 Å². The molecule has 1 unspecified atom stereocenters. The summed E-state index contributed by atoms with van der Waals surface area (Å²) in [6, 6.07) is 2.36. The van der Waals surface area contributed by atoms with Crippen LogP contribution in [0.5, 0.6) is 0 Å². The van der Waals surface area contributed by atoms with Crippen molar-refractivity contribution >= 4 is 33.3 Å². The number of aromatic nitrogens is 1. The van der Waals surface area contributed by atoms with Crippen molar-refractivity contribution in [2.24, 2.45) is 5.92 Å². The molecule has 0 aromatic carbocycles. The summed E-state index contributed by atoms with van der Waals surface area (Å²) < 4.78 is 0.932. The van der Waals surface area contributed by atoms with Crippen molar-refractivity contribution in [2.75, 3.05) is 5.32 Å². The zero-order chi connectivity index (χ0) is 10.8. The molecule has 0 spiro atoms. The van der Waals surface area contributed by atoms with Crippen LogP contribution < -0.4 is 5.32 Å². The van der Waals surface area contributed by atoms with E-state index in [1.165, 1.54) is 19.3 Å². The number of nitrogens with zero attached hydrogens (tertiary/aromatic N) is 1. The van der Waals surface area contributed by atoms with Crippen LogP contribution in [0.25, 0.3) is 0 Å². The summed E-state index contributed by atoms with van der Waals surface area (Å²) >= 11 is 9.29. The summed E-state index contributed by atoms with van der Waals surface area (Å²) in [7, 11) is 0. The topological polar surface area (TPSA) is 24.9 Å². The van der Waals surface area contributed by atoms with Crippen LogP contribution in [0.1, 0.15) is 26.2 Å². The van der Waals surface area contributed by atoms with Gasteiger partial charge >= 0.3 is 0 Å². The van der Waals surface area contributed by atoms with Crippen LogP contribution in [0.4, 0.5) is 5.82 Å². The van der Waals surface area contributed by atoms with E-state index < -0.39 is 0 Å². The number of anilines is 1. The Labute approximate surface area is 104 Å². The van der Waals surface area contributed by atoms with Gasteiger partial charge in [-0.15, -0.1) is 0 Å². The van der Waals surface area contributed by atoms with Gasteiger partial charge in [0.05, 0.1) is 9.50 Å². The Kier molecular flexibility index (Phi) is 3.52. The smallest absolute Gasteiger partial charge is 0.140 e. The van der Waals surface area contributed by atoms with Gasteiger partial charge in [0, 0.05) is 12.2 Å². The van der Waals surface area contributed by atoms with Crippen molar-refractivity contribution in [3.8, 4) is 0 Å². The summed E-state index contributed by atoms with van der Waals surface area (Å²) in [6.45, 7) is 2.21. The van der Waals surface area contributed by atoms with Crippen LogP contribution in [-0.4, -0.2) is 11.0 Å². The Morgan fingerprint density at radius 3 is 2.87 bits per heavy atom. The third kappa shape index (κ3) is 2.64. The van der Waals surface area contributed by atoms with Crippen LogP contribution in [0.2, 0.25) is 5.02 Å². The molecule has 1 atom stereocenters. The molecule has 2 nitrogen and oxygen atoms in total. The van der Waals surface area contributed by atoms with Crippen LogP contribution >= 0.6 is 27.5 Å². The van der Waals surface area contributed by atoms with E-state index in [2.05, 4.69) is 33.2 Å². The molecule has 82 valence electrons. The maximum atomic E-state index is 5.83. The summed E-state index contributed by atoms with van der Waals surface area (Å²) in [5.41, 5.74) is 0. The minimum atomic E-state index is 0.490. The van der Waals surface area contributed by atoms with Gasteiger partial charge in [-0.3, -0.25) is 0 Å². The molecule has 4 heteroatoms. The Hall–Kier alpha value is -0.280. The summed E-state index contributed by atoms with van der Waals surface area (Å²) in [5.74, 6) is 1.69. The minimum Gasteiger partial charge on any atom is -0.366 e. The Morgan fingerprint density at radius 2 is 2.33 bits per heavy atom. The maximum absolute atomic E-state index is 5.83. The summed E-state index contributed by atoms with van der Waals surface area (Å²) in [5, 5.41) is 4.08. The van der Waals surface area contributed by atoms with Crippen LogP contribution in [0, 0.1) is 5.92 Å². The molecule has 0 bridgehead atoms. The number of halogens is 2. The first-order valence-electron chi connectivity index (χ1n) is 5.24. The van der Waals surface area contributed by atoms with E-state index in [4.69, 9.17) is 11.6 Å². The lowest BCUT2D eigenvalue weighted by Crippen LogP contribution is -2.31. The molecule has 1 aromatic rings. The van der Waals surface area contributed by atoms with E-state index in [9.17, 15) is 0 Å². The molecule has 1 heterocycles. The SMILES string of the molecule is CC(Nc1ncc(Cl)cc1Br)C1CCC1. The Bertz CT molecular complexity index is 352. The highest BCUT2D eigenvalue weighted by Crippen LogP contribution is 2.32. The van der Waals surface area contributed by atoms with Gasteiger partial charge in [0.15, 0.2) is 0 Å². The molecule has 2 rings (SSSR count). The molecule has 0 amide bonds. The van der Waals surface area contributed by atoms with Gasteiger partial charge < -0.3 is 5.32 Å². The number of nitrogens with one attached hydrogen (secondary N) is 1. The second-order valence-corrected chi connectivity index (χ2v) is 5.40. The Balaban J connectivity index is 2.03. The number of rotatable bonds is 3. The monoisotopic (exact) mass is 288 g/mol. The quantitative estimate of drug-likeness (QED) is 0.906. The van der Waals surface area contributed by atoms with Crippen LogP contribution in [-0.2, 0) is 0 Å². The molecule has 15 heavy (non-hydrogen) atoms. The average molecular weight is 290 g/mol. The third-order valence-corrected chi connectivity index (χ3v) is 3.84. The van der Waals surface area contributed by atoms with Gasteiger partial charge in [0.2, 0.25) is 0 Å². The maximum Gasteiger partial charge on any atom is 0.140 e. The average Bonchev–Trinajstić information content (AvgIpc) is 2.07. The molecule has 1 saturated carbocycles. The van der Waals surface area contributed by atoms with Gasteiger partial charge in [-0.1, -0.05) is 18.0 Å². The van der Waals surface area contributed by atoms with Gasteiger partial charge in [-0.25, -0.2) is 4.98 Å². The zero-order valence-electron chi connectivity index (χ0n) is 8.63. The van der Waals surface area contributed by atoms with Gasteiger partial charge in [0.1, 0.15) is 5.82 Å². The molecular formula is C11H14BrClN2. The number of hydrogen-bond acceptors (Lipinski definition) is 2. The predicted molar refractivity (Wildman–Crippen MR) is 67.4 cm³/mol. The van der Waals surface area contributed by atoms with Crippen LogP contribution in [0.15, 0.2) is 16.7 Å². The fraction of sp³-hybridized carbons (Fsp3) is 0.545. The predicted octanol–water partition coefficient (Wildman–Crippen LogP) is 4.10. The first kappa shape index (κ1) is 11.2. The van der Waals surface area contributed by atoms with E-state index in [-0.39, 0.29) is 0 Å². The molecular weight excluding hydrogens is 275 g/mol. The standard InChI is InChI=1S/C11H14BrClN2/c1-7(8-3-2-4-8)15-11-10(12)5-9(13)6-14-11/h5-8H,2-4H2,1H3,(H,14,15). The molecule has 0 aliphatic heterocycles. The highest BCUT2D eigenvalue weighted by Gasteiger charge is 2.24. The summed E-state index contributed by atoms with van der Waals surface area (Å²) in [4.78, 5) is 4.27.